The Morgan fingerprint density at radius 2 is 2.07 bits per heavy atom. The van der Waals surface area contributed by atoms with Gasteiger partial charge in [-0.15, -0.1) is 0 Å². The highest BCUT2D eigenvalue weighted by molar-refractivity contribution is 7.79. The molecule has 2 aromatic rings. The SMILES string of the molecule is CNc1nc(N)nc(CN2CCOCC2c2ccccn2)n1.O=S(=O)(O)O. The Balaban J connectivity index is 0.000000465. The Morgan fingerprint density at radius 3 is 2.70 bits per heavy atom. The molecular weight excluding hydrogens is 378 g/mol. The molecule has 0 aliphatic carbocycles. The fourth-order valence-electron chi connectivity index (χ4n) is 2.47. The number of aromatic nitrogens is 4. The molecule has 5 N–H and O–H groups in total. The van der Waals surface area contributed by atoms with Crippen molar-refractivity contribution in [1.82, 2.24) is 24.8 Å². The predicted octanol–water partition coefficient (Wildman–Crippen LogP) is -0.189. The van der Waals surface area contributed by atoms with Crippen LogP contribution in [-0.4, -0.2) is 69.2 Å². The number of anilines is 2. The molecule has 0 saturated carbocycles. The number of nitrogen functional groups attached to an aromatic ring is 1. The summed E-state index contributed by atoms with van der Waals surface area (Å²) in [6.07, 6.45) is 1.79. The molecule has 0 aromatic carbocycles. The first-order valence-electron chi connectivity index (χ1n) is 7.87. The van der Waals surface area contributed by atoms with Crippen LogP contribution in [0, 0.1) is 0 Å². The van der Waals surface area contributed by atoms with Gasteiger partial charge in [-0.1, -0.05) is 6.07 Å². The summed E-state index contributed by atoms with van der Waals surface area (Å²) < 4.78 is 37.2. The second kappa shape index (κ2) is 9.48. The molecule has 1 fully saturated rings. The lowest BCUT2D eigenvalue weighted by molar-refractivity contribution is -0.0153. The lowest BCUT2D eigenvalue weighted by Crippen LogP contribution is -2.39. The van der Waals surface area contributed by atoms with Gasteiger partial charge in [-0.25, -0.2) is 0 Å². The Kier molecular flexibility index (Phi) is 7.32. The average Bonchev–Trinajstić information content (AvgIpc) is 2.61. The third kappa shape index (κ3) is 7.36. The second-order valence-corrected chi connectivity index (χ2v) is 6.34. The van der Waals surface area contributed by atoms with E-state index in [9.17, 15) is 0 Å². The van der Waals surface area contributed by atoms with Crippen molar-refractivity contribution in [2.24, 2.45) is 0 Å². The van der Waals surface area contributed by atoms with Gasteiger partial charge in [0.05, 0.1) is 31.5 Å². The predicted molar refractivity (Wildman–Crippen MR) is 96.2 cm³/mol. The minimum absolute atomic E-state index is 0.0889. The summed E-state index contributed by atoms with van der Waals surface area (Å²) >= 11 is 0. The van der Waals surface area contributed by atoms with E-state index in [2.05, 4.69) is 30.2 Å². The molecule has 1 unspecified atom stereocenters. The highest BCUT2D eigenvalue weighted by atomic mass is 32.3. The van der Waals surface area contributed by atoms with Crippen LogP contribution in [0.1, 0.15) is 17.6 Å². The molecule has 1 aliphatic heterocycles. The third-order valence-corrected chi connectivity index (χ3v) is 3.54. The lowest BCUT2D eigenvalue weighted by Gasteiger charge is -2.34. The van der Waals surface area contributed by atoms with Gasteiger partial charge in [0, 0.05) is 19.8 Å². The van der Waals surface area contributed by atoms with E-state index in [-0.39, 0.29) is 12.0 Å². The maximum absolute atomic E-state index is 8.74. The highest BCUT2D eigenvalue weighted by Crippen LogP contribution is 2.23. The van der Waals surface area contributed by atoms with Crippen LogP contribution in [-0.2, 0) is 21.7 Å². The lowest BCUT2D eigenvalue weighted by atomic mass is 10.1. The van der Waals surface area contributed by atoms with Crippen molar-refractivity contribution in [3.63, 3.8) is 0 Å². The normalized spacial score (nSPS) is 17.7. The summed E-state index contributed by atoms with van der Waals surface area (Å²) in [4.78, 5) is 19.3. The quantitative estimate of drug-likeness (QED) is 0.499. The minimum atomic E-state index is -4.67. The van der Waals surface area contributed by atoms with E-state index in [1.54, 1.807) is 13.2 Å². The van der Waals surface area contributed by atoms with Gasteiger partial charge in [0.25, 0.3) is 0 Å². The maximum atomic E-state index is 8.74. The number of nitrogens with zero attached hydrogens (tertiary/aromatic N) is 5. The summed E-state index contributed by atoms with van der Waals surface area (Å²) in [5, 5.41) is 2.89. The topological polar surface area (TPSA) is 177 Å². The number of morpholine rings is 1. The van der Waals surface area contributed by atoms with Crippen LogP contribution in [0.3, 0.4) is 0 Å². The van der Waals surface area contributed by atoms with Crippen molar-refractivity contribution in [2.45, 2.75) is 12.6 Å². The molecule has 1 atom stereocenters. The van der Waals surface area contributed by atoms with Gasteiger partial charge in [-0.2, -0.15) is 23.4 Å². The number of pyridine rings is 1. The van der Waals surface area contributed by atoms with Gasteiger partial charge < -0.3 is 15.8 Å². The number of hydrogen-bond donors (Lipinski definition) is 4. The van der Waals surface area contributed by atoms with Crippen LogP contribution in [0.4, 0.5) is 11.9 Å². The van der Waals surface area contributed by atoms with E-state index in [4.69, 9.17) is 28.0 Å². The Hall–Kier alpha value is -2.45. The number of rotatable bonds is 4. The zero-order valence-electron chi connectivity index (χ0n) is 14.6. The van der Waals surface area contributed by atoms with Crippen molar-refractivity contribution < 1.29 is 22.3 Å². The molecule has 3 heterocycles. The first kappa shape index (κ1) is 20.9. The standard InChI is InChI=1S/C14H19N7O.H2O4S/c1-16-14-19-12(18-13(15)20-14)8-21-6-7-22-9-11(21)10-4-2-3-5-17-10;1-5(2,3)4/h2-5,11H,6-9H2,1H3,(H3,15,16,18,19,20);(H2,1,2,3,4). The number of nitrogens with one attached hydrogen (secondary N) is 1. The Morgan fingerprint density at radius 1 is 1.33 bits per heavy atom. The van der Waals surface area contributed by atoms with Crippen molar-refractivity contribution in [1.29, 1.82) is 0 Å². The molecule has 0 bridgehead atoms. The maximum Gasteiger partial charge on any atom is 0.394 e. The van der Waals surface area contributed by atoms with Crippen LogP contribution in [0.15, 0.2) is 24.4 Å². The number of nitrogens with two attached hydrogens (primary N) is 1. The van der Waals surface area contributed by atoms with Gasteiger partial charge in [-0.05, 0) is 12.1 Å². The van der Waals surface area contributed by atoms with E-state index in [0.717, 1.165) is 12.2 Å². The molecule has 0 amide bonds. The van der Waals surface area contributed by atoms with E-state index in [0.29, 0.717) is 31.5 Å². The van der Waals surface area contributed by atoms with E-state index in [1.165, 1.54) is 0 Å². The zero-order chi connectivity index (χ0) is 19.9. The molecule has 1 aliphatic rings. The average molecular weight is 399 g/mol. The van der Waals surface area contributed by atoms with Crippen molar-refractivity contribution in [3.05, 3.63) is 35.9 Å². The summed E-state index contributed by atoms with van der Waals surface area (Å²) in [6.45, 7) is 2.66. The number of ether oxygens (including phenoxy) is 1. The molecule has 0 radical (unpaired) electrons. The molecule has 0 spiro atoms. The first-order valence-corrected chi connectivity index (χ1v) is 9.26. The first-order chi connectivity index (χ1) is 12.8. The van der Waals surface area contributed by atoms with E-state index in [1.807, 2.05) is 18.2 Å². The van der Waals surface area contributed by atoms with Crippen LogP contribution < -0.4 is 11.1 Å². The van der Waals surface area contributed by atoms with E-state index >= 15 is 0 Å². The Bertz CT molecular complexity index is 829. The van der Waals surface area contributed by atoms with Crippen molar-refractivity contribution in [3.8, 4) is 0 Å². The van der Waals surface area contributed by atoms with Crippen molar-refractivity contribution >= 4 is 22.3 Å². The largest absolute Gasteiger partial charge is 0.394 e. The van der Waals surface area contributed by atoms with Crippen molar-refractivity contribution in [2.75, 3.05) is 37.9 Å². The molecule has 13 heteroatoms. The van der Waals surface area contributed by atoms with Gasteiger partial charge in [0.2, 0.25) is 11.9 Å². The molecule has 3 rings (SSSR count). The highest BCUT2D eigenvalue weighted by Gasteiger charge is 2.26. The molecule has 2 aromatic heterocycles. The zero-order valence-corrected chi connectivity index (χ0v) is 15.4. The monoisotopic (exact) mass is 399 g/mol. The molecular formula is C14H21N7O5S. The fourth-order valence-corrected chi connectivity index (χ4v) is 2.47. The fraction of sp³-hybridized carbons (Fsp3) is 0.429. The summed E-state index contributed by atoms with van der Waals surface area (Å²) in [5.74, 6) is 1.34. The number of hydrogen-bond acceptors (Lipinski definition) is 10. The molecule has 148 valence electrons. The van der Waals surface area contributed by atoms with Crippen LogP contribution in [0.2, 0.25) is 0 Å². The Labute approximate surface area is 156 Å². The molecule has 27 heavy (non-hydrogen) atoms. The summed E-state index contributed by atoms with van der Waals surface area (Å²) in [6, 6.07) is 5.98. The van der Waals surface area contributed by atoms with Gasteiger partial charge in [-0.3, -0.25) is 19.0 Å². The molecule has 1 saturated heterocycles. The summed E-state index contributed by atoms with van der Waals surface area (Å²) in [7, 11) is -2.91. The van der Waals surface area contributed by atoms with Crippen LogP contribution in [0.5, 0.6) is 0 Å². The molecule has 12 nitrogen and oxygen atoms in total. The second-order valence-electron chi connectivity index (χ2n) is 5.45. The van der Waals surface area contributed by atoms with Gasteiger partial charge in [0.15, 0.2) is 0 Å². The van der Waals surface area contributed by atoms with Crippen LogP contribution in [0.25, 0.3) is 0 Å². The minimum Gasteiger partial charge on any atom is -0.378 e. The van der Waals surface area contributed by atoms with Gasteiger partial charge >= 0.3 is 10.4 Å². The summed E-state index contributed by atoms with van der Waals surface area (Å²) in [5.41, 5.74) is 6.71. The van der Waals surface area contributed by atoms with Gasteiger partial charge in [0.1, 0.15) is 5.82 Å². The van der Waals surface area contributed by atoms with E-state index < -0.39 is 10.4 Å². The smallest absolute Gasteiger partial charge is 0.378 e. The van der Waals surface area contributed by atoms with Crippen LogP contribution >= 0.6 is 0 Å². The third-order valence-electron chi connectivity index (χ3n) is 3.54.